The number of anilines is 1. The van der Waals surface area contributed by atoms with Gasteiger partial charge < -0.3 is 9.64 Å². The number of thiazole rings is 1. The van der Waals surface area contributed by atoms with Gasteiger partial charge in [0.15, 0.2) is 5.13 Å². The van der Waals surface area contributed by atoms with Crippen molar-refractivity contribution in [2.75, 3.05) is 38.2 Å². The molecular formula is C16H22ClN3O2S. The Morgan fingerprint density at radius 2 is 2.00 bits per heavy atom. The third-order valence-electron chi connectivity index (χ3n) is 3.81. The molecule has 1 heterocycles. The van der Waals surface area contributed by atoms with Crippen molar-refractivity contribution in [2.24, 2.45) is 0 Å². The van der Waals surface area contributed by atoms with Crippen LogP contribution in [0.1, 0.15) is 20.8 Å². The largest absolute Gasteiger partial charge is 0.494 e. The molecule has 2 aromatic rings. The van der Waals surface area contributed by atoms with Gasteiger partial charge in [0, 0.05) is 20.0 Å². The Balaban J connectivity index is 2.34. The fraction of sp³-hybridized carbons (Fsp3) is 0.500. The van der Waals surface area contributed by atoms with Gasteiger partial charge in [-0.05, 0) is 25.2 Å². The molecule has 1 aromatic heterocycles. The normalized spacial score (nSPS) is 11.2. The molecule has 0 bridgehead atoms. The van der Waals surface area contributed by atoms with Crippen molar-refractivity contribution in [3.05, 3.63) is 17.2 Å². The maximum Gasteiger partial charge on any atom is 0.225 e. The predicted octanol–water partition coefficient (Wildman–Crippen LogP) is 3.65. The third-order valence-corrected chi connectivity index (χ3v) is 5.35. The Morgan fingerprint density at radius 3 is 2.57 bits per heavy atom. The summed E-state index contributed by atoms with van der Waals surface area (Å²) in [4.78, 5) is 20.6. The van der Waals surface area contributed by atoms with Gasteiger partial charge in [-0.25, -0.2) is 4.98 Å². The smallest absolute Gasteiger partial charge is 0.225 e. The number of ether oxygens (including phenoxy) is 1. The zero-order valence-corrected chi connectivity index (χ0v) is 15.5. The Kier molecular flexibility index (Phi) is 6.21. The van der Waals surface area contributed by atoms with E-state index in [4.69, 9.17) is 16.3 Å². The summed E-state index contributed by atoms with van der Waals surface area (Å²) in [6.45, 7) is 9.13. The minimum absolute atomic E-state index is 0.0219. The van der Waals surface area contributed by atoms with E-state index in [0.29, 0.717) is 28.0 Å². The van der Waals surface area contributed by atoms with E-state index in [1.54, 1.807) is 31.1 Å². The summed E-state index contributed by atoms with van der Waals surface area (Å²) < 4.78 is 6.19. The van der Waals surface area contributed by atoms with Gasteiger partial charge in [-0.2, -0.15) is 0 Å². The summed E-state index contributed by atoms with van der Waals surface area (Å²) in [5, 5.41) is 1.28. The number of aromatic nitrogens is 1. The van der Waals surface area contributed by atoms with Crippen LogP contribution in [0.25, 0.3) is 10.2 Å². The average molecular weight is 356 g/mol. The highest BCUT2D eigenvalue weighted by Gasteiger charge is 2.19. The van der Waals surface area contributed by atoms with Crippen molar-refractivity contribution in [3.63, 3.8) is 0 Å². The summed E-state index contributed by atoms with van der Waals surface area (Å²) in [5.41, 5.74) is 0.703. The molecule has 0 aliphatic carbocycles. The highest BCUT2D eigenvalue weighted by atomic mass is 35.5. The Labute approximate surface area is 145 Å². The van der Waals surface area contributed by atoms with Gasteiger partial charge in [0.25, 0.3) is 0 Å². The number of methoxy groups -OCH3 is 1. The van der Waals surface area contributed by atoms with Crippen molar-refractivity contribution in [3.8, 4) is 5.75 Å². The molecule has 2 rings (SSSR count). The second-order valence-corrected chi connectivity index (χ2v) is 6.51. The van der Waals surface area contributed by atoms with E-state index in [2.05, 4.69) is 23.7 Å². The summed E-state index contributed by atoms with van der Waals surface area (Å²) in [6, 6.07) is 3.58. The number of carbonyl (C=O) groups excluding carboxylic acids is 1. The molecule has 1 aromatic carbocycles. The van der Waals surface area contributed by atoms with Gasteiger partial charge in [-0.1, -0.05) is 36.8 Å². The number of nitrogens with zero attached hydrogens (tertiary/aromatic N) is 3. The maximum atomic E-state index is 12.1. The van der Waals surface area contributed by atoms with Crippen molar-refractivity contribution in [2.45, 2.75) is 20.8 Å². The molecular weight excluding hydrogens is 334 g/mol. The van der Waals surface area contributed by atoms with Crippen LogP contribution in [0, 0.1) is 0 Å². The number of amides is 1. The lowest BCUT2D eigenvalue weighted by molar-refractivity contribution is -0.116. The number of hydrogen-bond acceptors (Lipinski definition) is 5. The fourth-order valence-electron chi connectivity index (χ4n) is 2.39. The minimum Gasteiger partial charge on any atom is -0.494 e. The van der Waals surface area contributed by atoms with Crippen LogP contribution < -0.4 is 9.64 Å². The second-order valence-electron chi connectivity index (χ2n) is 5.12. The van der Waals surface area contributed by atoms with Crippen molar-refractivity contribution >= 4 is 44.2 Å². The summed E-state index contributed by atoms with van der Waals surface area (Å²) in [6.07, 6.45) is 0. The molecule has 1 amide bonds. The lowest BCUT2D eigenvalue weighted by Gasteiger charge is -2.23. The Hall–Kier alpha value is -1.37. The van der Waals surface area contributed by atoms with E-state index in [1.165, 1.54) is 11.3 Å². The van der Waals surface area contributed by atoms with E-state index in [9.17, 15) is 4.79 Å². The summed E-state index contributed by atoms with van der Waals surface area (Å²) in [7, 11) is 1.60. The van der Waals surface area contributed by atoms with E-state index in [-0.39, 0.29) is 5.91 Å². The van der Waals surface area contributed by atoms with Gasteiger partial charge in [-0.15, -0.1) is 0 Å². The molecule has 0 radical (unpaired) electrons. The first-order valence-corrected chi connectivity index (χ1v) is 8.84. The molecule has 0 unspecified atom stereocenters. The van der Waals surface area contributed by atoms with Crippen LogP contribution >= 0.6 is 22.9 Å². The quantitative estimate of drug-likeness (QED) is 0.760. The monoisotopic (exact) mass is 355 g/mol. The van der Waals surface area contributed by atoms with Crippen LogP contribution in [-0.4, -0.2) is 49.1 Å². The number of rotatable bonds is 7. The molecule has 7 heteroatoms. The number of carbonyl (C=O) groups is 1. The molecule has 5 nitrogen and oxygen atoms in total. The van der Waals surface area contributed by atoms with E-state index in [0.717, 1.165) is 24.3 Å². The molecule has 0 saturated heterocycles. The van der Waals surface area contributed by atoms with Crippen LogP contribution in [0.3, 0.4) is 0 Å². The second kappa shape index (κ2) is 7.95. The van der Waals surface area contributed by atoms with Crippen molar-refractivity contribution in [1.82, 2.24) is 9.88 Å². The summed E-state index contributed by atoms with van der Waals surface area (Å²) >= 11 is 7.68. The molecule has 0 spiro atoms. The molecule has 126 valence electrons. The zero-order valence-electron chi connectivity index (χ0n) is 13.9. The molecule has 0 aliphatic heterocycles. The van der Waals surface area contributed by atoms with Crippen LogP contribution in [0.15, 0.2) is 12.1 Å². The first-order valence-electron chi connectivity index (χ1n) is 7.65. The van der Waals surface area contributed by atoms with Gasteiger partial charge in [0.2, 0.25) is 5.91 Å². The fourth-order valence-corrected chi connectivity index (χ4v) is 3.72. The topological polar surface area (TPSA) is 45.7 Å². The molecule has 0 aliphatic rings. The number of halogens is 1. The predicted molar refractivity (Wildman–Crippen MR) is 97.0 cm³/mol. The Morgan fingerprint density at radius 1 is 1.30 bits per heavy atom. The number of benzene rings is 1. The standard InChI is InChI=1S/C16H22ClN3O2S/c1-5-19(6-2)9-10-20(11(3)21)16-18-14-13(22-4)8-7-12(17)15(14)23-16/h7-8H,5-6,9-10H2,1-4H3. The molecule has 0 fully saturated rings. The Bertz CT molecular complexity index is 685. The molecule has 0 saturated carbocycles. The van der Waals surface area contributed by atoms with Crippen LogP contribution in [0.4, 0.5) is 5.13 Å². The van der Waals surface area contributed by atoms with E-state index < -0.39 is 0 Å². The molecule has 0 atom stereocenters. The lowest BCUT2D eigenvalue weighted by Crippen LogP contribution is -2.37. The SMILES string of the molecule is CCN(CC)CCN(C(C)=O)c1nc2c(OC)ccc(Cl)c2s1. The van der Waals surface area contributed by atoms with Crippen LogP contribution in [0.5, 0.6) is 5.75 Å². The highest BCUT2D eigenvalue weighted by Crippen LogP contribution is 2.38. The van der Waals surface area contributed by atoms with Crippen LogP contribution in [-0.2, 0) is 4.79 Å². The number of likely N-dealkylation sites (N-methyl/N-ethyl adjacent to an activating group) is 1. The first kappa shape index (κ1) is 18.0. The minimum atomic E-state index is -0.0219. The van der Waals surface area contributed by atoms with E-state index in [1.807, 2.05) is 0 Å². The van der Waals surface area contributed by atoms with Crippen molar-refractivity contribution < 1.29 is 9.53 Å². The first-order chi connectivity index (χ1) is 11.0. The maximum absolute atomic E-state index is 12.1. The van der Waals surface area contributed by atoms with Gasteiger partial charge in [-0.3, -0.25) is 9.69 Å². The third kappa shape index (κ3) is 3.94. The van der Waals surface area contributed by atoms with Gasteiger partial charge in [0.05, 0.1) is 16.8 Å². The zero-order chi connectivity index (χ0) is 17.0. The molecule has 23 heavy (non-hydrogen) atoms. The number of fused-ring (bicyclic) bond motifs is 1. The summed E-state index contributed by atoms with van der Waals surface area (Å²) in [5.74, 6) is 0.644. The number of hydrogen-bond donors (Lipinski definition) is 0. The lowest BCUT2D eigenvalue weighted by atomic mass is 10.3. The molecule has 0 N–H and O–H groups in total. The van der Waals surface area contributed by atoms with Gasteiger partial charge >= 0.3 is 0 Å². The van der Waals surface area contributed by atoms with E-state index >= 15 is 0 Å². The van der Waals surface area contributed by atoms with Gasteiger partial charge in [0.1, 0.15) is 11.3 Å². The van der Waals surface area contributed by atoms with Crippen LogP contribution in [0.2, 0.25) is 5.02 Å². The highest BCUT2D eigenvalue weighted by molar-refractivity contribution is 7.23. The average Bonchev–Trinajstić information content (AvgIpc) is 2.97. The van der Waals surface area contributed by atoms with Crippen molar-refractivity contribution in [1.29, 1.82) is 0 Å².